The standard InChI is InChI=1S/C44H85NO3/c1-34(2)22-17-23-36(5)24-18-25-37(6)26-19-27-38(7)29-30-40(48-41(46)28-20-32-45(15)16)44(13,14)43(11,12)39(8)47-33-21-31-42(9,10)35(3)4/h21,31,34-38,40H,8,17-20,22-30,32-33H2,1-7,9-16H3/b31-21+. The molecule has 0 aliphatic carbocycles. The van der Waals surface area contributed by atoms with Crippen LogP contribution in [0.15, 0.2) is 24.5 Å². The number of hydrogen-bond acceptors (Lipinski definition) is 4. The fourth-order valence-corrected chi connectivity index (χ4v) is 6.33. The maximum Gasteiger partial charge on any atom is 0.306 e. The van der Waals surface area contributed by atoms with Crippen LogP contribution in [-0.4, -0.2) is 44.2 Å². The van der Waals surface area contributed by atoms with Gasteiger partial charge in [-0.2, -0.15) is 0 Å². The van der Waals surface area contributed by atoms with Gasteiger partial charge in [-0.25, -0.2) is 0 Å². The van der Waals surface area contributed by atoms with Crippen molar-refractivity contribution in [3.8, 4) is 0 Å². The van der Waals surface area contributed by atoms with E-state index in [2.05, 4.69) is 114 Å². The topological polar surface area (TPSA) is 38.8 Å². The Kier molecular flexibility index (Phi) is 22.6. The predicted octanol–water partition coefficient (Wildman–Crippen LogP) is 12.9. The lowest BCUT2D eigenvalue weighted by molar-refractivity contribution is -0.162. The largest absolute Gasteiger partial charge is 0.494 e. The van der Waals surface area contributed by atoms with Crippen molar-refractivity contribution < 1.29 is 14.3 Å². The van der Waals surface area contributed by atoms with Gasteiger partial charge in [-0.1, -0.05) is 167 Å². The zero-order valence-corrected chi connectivity index (χ0v) is 35.1. The van der Waals surface area contributed by atoms with Crippen LogP contribution in [0.2, 0.25) is 0 Å². The number of allylic oxidation sites excluding steroid dienone is 2. The van der Waals surface area contributed by atoms with Crippen molar-refractivity contribution in [1.82, 2.24) is 4.90 Å². The molecule has 4 nitrogen and oxygen atoms in total. The molecule has 4 atom stereocenters. The van der Waals surface area contributed by atoms with E-state index in [0.717, 1.165) is 49.3 Å². The van der Waals surface area contributed by atoms with Crippen LogP contribution in [0.25, 0.3) is 0 Å². The first-order valence-electron chi connectivity index (χ1n) is 20.0. The summed E-state index contributed by atoms with van der Waals surface area (Å²) >= 11 is 0. The minimum absolute atomic E-state index is 0.0909. The number of hydrogen-bond donors (Lipinski definition) is 0. The van der Waals surface area contributed by atoms with Crippen LogP contribution in [0.3, 0.4) is 0 Å². The third-order valence-corrected chi connectivity index (χ3v) is 11.9. The number of carbonyl (C=O) groups excluding carboxylic acids is 1. The van der Waals surface area contributed by atoms with Gasteiger partial charge in [0.25, 0.3) is 0 Å². The lowest BCUT2D eigenvalue weighted by Crippen LogP contribution is -2.46. The molecule has 0 rings (SSSR count). The number of carbonyl (C=O) groups is 1. The molecule has 0 aromatic carbocycles. The van der Waals surface area contributed by atoms with E-state index in [1.54, 1.807) is 0 Å². The molecular formula is C44H85NO3. The Bertz CT molecular complexity index is 897. The third kappa shape index (κ3) is 19.2. The van der Waals surface area contributed by atoms with E-state index in [4.69, 9.17) is 9.47 Å². The van der Waals surface area contributed by atoms with Crippen molar-refractivity contribution in [3.63, 3.8) is 0 Å². The highest BCUT2D eigenvalue weighted by Gasteiger charge is 2.47. The van der Waals surface area contributed by atoms with Gasteiger partial charge in [0, 0.05) is 17.3 Å². The highest BCUT2D eigenvalue weighted by Crippen LogP contribution is 2.49. The van der Waals surface area contributed by atoms with Gasteiger partial charge in [0.1, 0.15) is 12.7 Å². The van der Waals surface area contributed by atoms with Crippen LogP contribution >= 0.6 is 0 Å². The molecule has 0 spiro atoms. The molecule has 0 fully saturated rings. The van der Waals surface area contributed by atoms with E-state index in [1.807, 2.05) is 14.1 Å². The highest BCUT2D eigenvalue weighted by molar-refractivity contribution is 5.69. The molecule has 0 saturated heterocycles. The molecule has 0 aliphatic heterocycles. The van der Waals surface area contributed by atoms with Crippen LogP contribution in [0.5, 0.6) is 0 Å². The molecule has 0 aromatic heterocycles. The van der Waals surface area contributed by atoms with Crippen molar-refractivity contribution in [2.24, 2.45) is 45.8 Å². The zero-order chi connectivity index (χ0) is 37.1. The monoisotopic (exact) mass is 676 g/mol. The summed E-state index contributed by atoms with van der Waals surface area (Å²) in [6, 6.07) is 0. The Morgan fingerprint density at radius 1 is 0.708 bits per heavy atom. The number of rotatable bonds is 28. The number of nitrogens with zero attached hydrogens (tertiary/aromatic N) is 1. The van der Waals surface area contributed by atoms with Crippen molar-refractivity contribution in [2.75, 3.05) is 27.2 Å². The molecule has 0 N–H and O–H groups in total. The average molecular weight is 676 g/mol. The van der Waals surface area contributed by atoms with Gasteiger partial charge in [-0.05, 0) is 74.9 Å². The van der Waals surface area contributed by atoms with Crippen LogP contribution in [0.1, 0.15) is 173 Å². The second-order valence-corrected chi connectivity index (χ2v) is 18.4. The van der Waals surface area contributed by atoms with Gasteiger partial charge in [-0.3, -0.25) is 4.79 Å². The summed E-state index contributed by atoms with van der Waals surface area (Å²) in [5.41, 5.74) is -0.638. The first kappa shape index (κ1) is 46.7. The van der Waals surface area contributed by atoms with Crippen molar-refractivity contribution in [1.29, 1.82) is 0 Å². The molecule has 0 aliphatic rings. The normalized spacial score (nSPS) is 15.7. The molecule has 0 heterocycles. The molecule has 0 saturated carbocycles. The van der Waals surface area contributed by atoms with Crippen LogP contribution in [-0.2, 0) is 14.3 Å². The molecule has 0 bridgehead atoms. The van der Waals surface area contributed by atoms with Gasteiger partial charge < -0.3 is 14.4 Å². The van der Waals surface area contributed by atoms with E-state index in [-0.39, 0.29) is 22.9 Å². The van der Waals surface area contributed by atoms with Crippen LogP contribution < -0.4 is 0 Å². The Morgan fingerprint density at radius 2 is 1.19 bits per heavy atom. The molecule has 48 heavy (non-hydrogen) atoms. The van der Waals surface area contributed by atoms with Gasteiger partial charge in [0.2, 0.25) is 0 Å². The Hall–Kier alpha value is -1.29. The van der Waals surface area contributed by atoms with E-state index < -0.39 is 5.41 Å². The van der Waals surface area contributed by atoms with E-state index >= 15 is 0 Å². The number of esters is 1. The first-order chi connectivity index (χ1) is 22.1. The molecule has 0 radical (unpaired) electrons. The maximum atomic E-state index is 13.1. The summed E-state index contributed by atoms with van der Waals surface area (Å²) in [6.07, 6.45) is 19.4. The zero-order valence-electron chi connectivity index (χ0n) is 35.1. The van der Waals surface area contributed by atoms with Crippen molar-refractivity contribution in [3.05, 3.63) is 24.5 Å². The maximum absolute atomic E-state index is 13.1. The second-order valence-electron chi connectivity index (χ2n) is 18.4. The molecule has 4 heteroatoms. The van der Waals surface area contributed by atoms with Crippen molar-refractivity contribution in [2.45, 2.75) is 180 Å². The van der Waals surface area contributed by atoms with E-state index in [0.29, 0.717) is 24.9 Å². The first-order valence-corrected chi connectivity index (χ1v) is 20.0. The van der Waals surface area contributed by atoms with Gasteiger partial charge in [0.05, 0.1) is 5.76 Å². The summed E-state index contributed by atoms with van der Waals surface area (Å²) in [5.74, 6) is 4.30. The predicted molar refractivity (Wildman–Crippen MR) is 211 cm³/mol. The summed E-state index contributed by atoms with van der Waals surface area (Å²) in [7, 11) is 4.09. The summed E-state index contributed by atoms with van der Waals surface area (Å²) < 4.78 is 12.6. The Balaban J connectivity index is 5.20. The van der Waals surface area contributed by atoms with Crippen molar-refractivity contribution >= 4 is 5.97 Å². The number of ether oxygens (including phenoxy) is 2. The fraction of sp³-hybridized carbons (Fsp3) is 0.886. The van der Waals surface area contributed by atoms with Crippen LogP contribution in [0, 0.1) is 45.8 Å². The molecule has 4 unspecified atom stereocenters. The summed E-state index contributed by atoms with van der Waals surface area (Å²) in [4.78, 5) is 15.3. The Labute approximate surface area is 301 Å². The molecule has 284 valence electrons. The smallest absolute Gasteiger partial charge is 0.306 e. The van der Waals surface area contributed by atoms with E-state index in [9.17, 15) is 4.79 Å². The average Bonchev–Trinajstić information content (AvgIpc) is 2.96. The fourth-order valence-electron chi connectivity index (χ4n) is 6.33. The quantitative estimate of drug-likeness (QED) is 0.0470. The lowest BCUT2D eigenvalue weighted by atomic mass is 9.62. The second kappa shape index (κ2) is 23.2. The SMILES string of the molecule is C=C(OC/C=C/C(C)(C)C(C)C)C(C)(C)C(C)(C)C(CCC(C)CCCC(C)CCCC(C)CCCC(C)C)OC(=O)CCCN(C)C. The van der Waals surface area contributed by atoms with Gasteiger partial charge >= 0.3 is 5.97 Å². The van der Waals surface area contributed by atoms with Gasteiger partial charge in [0.15, 0.2) is 0 Å². The summed E-state index contributed by atoms with van der Waals surface area (Å²) in [6.45, 7) is 35.6. The highest BCUT2D eigenvalue weighted by atomic mass is 16.5. The lowest BCUT2D eigenvalue weighted by Gasteiger charge is -2.47. The molecular weight excluding hydrogens is 590 g/mol. The molecule has 0 aromatic rings. The van der Waals surface area contributed by atoms with Crippen LogP contribution in [0.4, 0.5) is 0 Å². The minimum atomic E-state index is -0.395. The summed E-state index contributed by atoms with van der Waals surface area (Å²) in [5, 5.41) is 0. The third-order valence-electron chi connectivity index (χ3n) is 11.9. The van der Waals surface area contributed by atoms with Gasteiger partial charge in [-0.15, -0.1) is 0 Å². The van der Waals surface area contributed by atoms with E-state index in [1.165, 1.54) is 57.8 Å². The Morgan fingerprint density at radius 3 is 1.65 bits per heavy atom. The molecule has 0 amide bonds. The minimum Gasteiger partial charge on any atom is -0.494 e.